The van der Waals surface area contributed by atoms with E-state index in [9.17, 15) is 0 Å². The van der Waals surface area contributed by atoms with Gasteiger partial charge in [-0.25, -0.2) is 0 Å². The van der Waals surface area contributed by atoms with Crippen molar-refractivity contribution in [1.29, 1.82) is 0 Å². The lowest BCUT2D eigenvalue weighted by Crippen LogP contribution is -2.10. The van der Waals surface area contributed by atoms with Gasteiger partial charge in [0.05, 0.1) is 11.0 Å². The van der Waals surface area contributed by atoms with Gasteiger partial charge in [-0.3, -0.25) is 0 Å². The van der Waals surface area contributed by atoms with Crippen molar-refractivity contribution in [3.63, 3.8) is 0 Å². The lowest BCUT2D eigenvalue weighted by molar-refractivity contribution is 1.18. The third-order valence-electron chi connectivity index (χ3n) is 11.0. The highest BCUT2D eigenvalue weighted by molar-refractivity contribution is 6.10. The van der Waals surface area contributed by atoms with Crippen LogP contribution in [0.5, 0.6) is 0 Å². The quantitative estimate of drug-likeness (QED) is 0.134. The Kier molecular flexibility index (Phi) is 9.27. The van der Waals surface area contributed by atoms with Crippen LogP contribution in [0.1, 0.15) is 22.3 Å². The number of para-hydroxylation sites is 3. The molecule has 0 saturated carbocycles. The Morgan fingerprint density at radius 3 is 1.38 bits per heavy atom. The Bertz CT molecular complexity index is 2980. The van der Waals surface area contributed by atoms with Crippen LogP contribution in [-0.4, -0.2) is 4.57 Å². The van der Waals surface area contributed by atoms with Crippen LogP contribution in [0, 0.1) is 0 Å². The van der Waals surface area contributed by atoms with Gasteiger partial charge < -0.3 is 9.47 Å². The lowest BCUT2D eigenvalue weighted by Gasteiger charge is -2.26. The highest BCUT2D eigenvalue weighted by atomic mass is 15.1. The third-order valence-corrected chi connectivity index (χ3v) is 11.0. The molecule has 0 aliphatic carbocycles. The average molecular weight is 741 g/mol. The highest BCUT2D eigenvalue weighted by Gasteiger charge is 2.19. The fourth-order valence-electron chi connectivity index (χ4n) is 8.38. The SMILES string of the molecule is c1ccc(C(=C(c2ccccc2)c2cccc(-c3cccc(N(c4ccccc4)c4ccc5c6ccccc6n(-c6ccccc6)c5c4)c3)c2)c2ccccc2)cc1. The van der Waals surface area contributed by atoms with Gasteiger partial charge in [0.1, 0.15) is 0 Å². The number of benzene rings is 9. The van der Waals surface area contributed by atoms with Gasteiger partial charge in [-0.1, -0.05) is 182 Å². The lowest BCUT2D eigenvalue weighted by atomic mass is 9.85. The van der Waals surface area contributed by atoms with Crippen LogP contribution in [0.25, 0.3) is 49.8 Å². The minimum atomic E-state index is 1.09. The molecule has 10 rings (SSSR count). The van der Waals surface area contributed by atoms with E-state index in [0.29, 0.717) is 0 Å². The Labute approximate surface area is 339 Å². The third kappa shape index (κ3) is 6.57. The number of hydrogen-bond donors (Lipinski definition) is 0. The normalized spacial score (nSPS) is 11.1. The summed E-state index contributed by atoms with van der Waals surface area (Å²) in [7, 11) is 0. The van der Waals surface area contributed by atoms with Gasteiger partial charge in [-0.2, -0.15) is 0 Å². The molecule has 1 aromatic heterocycles. The molecule has 1 heterocycles. The molecular formula is C56H40N2. The van der Waals surface area contributed by atoms with Crippen LogP contribution < -0.4 is 4.90 Å². The van der Waals surface area contributed by atoms with Gasteiger partial charge >= 0.3 is 0 Å². The van der Waals surface area contributed by atoms with Crippen LogP contribution >= 0.6 is 0 Å². The van der Waals surface area contributed by atoms with E-state index in [-0.39, 0.29) is 0 Å². The molecule has 0 atom stereocenters. The van der Waals surface area contributed by atoms with E-state index in [1.54, 1.807) is 0 Å². The second kappa shape index (κ2) is 15.5. The first-order valence-electron chi connectivity index (χ1n) is 19.9. The molecule has 0 radical (unpaired) electrons. The van der Waals surface area contributed by atoms with E-state index < -0.39 is 0 Å². The van der Waals surface area contributed by atoms with Crippen molar-refractivity contribution in [3.8, 4) is 16.8 Å². The van der Waals surface area contributed by atoms with Crippen LogP contribution in [0.2, 0.25) is 0 Å². The molecule has 0 unspecified atom stereocenters. The first kappa shape index (κ1) is 34.8. The fraction of sp³-hybridized carbons (Fsp3) is 0. The van der Waals surface area contributed by atoms with Gasteiger partial charge in [0.2, 0.25) is 0 Å². The molecule has 0 amide bonds. The van der Waals surface area contributed by atoms with Gasteiger partial charge in [0.15, 0.2) is 0 Å². The van der Waals surface area contributed by atoms with Crippen LogP contribution in [-0.2, 0) is 0 Å². The minimum absolute atomic E-state index is 1.09. The predicted molar refractivity (Wildman–Crippen MR) is 245 cm³/mol. The van der Waals surface area contributed by atoms with E-state index in [1.807, 2.05) is 0 Å². The zero-order valence-electron chi connectivity index (χ0n) is 32.0. The summed E-state index contributed by atoms with van der Waals surface area (Å²) in [6.07, 6.45) is 0. The number of rotatable bonds is 9. The van der Waals surface area contributed by atoms with Crippen LogP contribution in [0.15, 0.2) is 243 Å². The monoisotopic (exact) mass is 740 g/mol. The first-order valence-corrected chi connectivity index (χ1v) is 19.9. The molecule has 0 saturated heterocycles. The van der Waals surface area contributed by atoms with Crippen LogP contribution in [0.3, 0.4) is 0 Å². The Morgan fingerprint density at radius 2 is 0.741 bits per heavy atom. The minimum Gasteiger partial charge on any atom is -0.310 e. The highest BCUT2D eigenvalue weighted by Crippen LogP contribution is 2.42. The summed E-state index contributed by atoms with van der Waals surface area (Å²) >= 11 is 0. The molecule has 2 heteroatoms. The Hall–Kier alpha value is -7.68. The van der Waals surface area contributed by atoms with Crippen molar-refractivity contribution in [2.24, 2.45) is 0 Å². The molecule has 9 aromatic carbocycles. The van der Waals surface area contributed by atoms with Crippen molar-refractivity contribution in [2.45, 2.75) is 0 Å². The van der Waals surface area contributed by atoms with Crippen molar-refractivity contribution in [3.05, 3.63) is 265 Å². The van der Waals surface area contributed by atoms with Crippen molar-refractivity contribution in [2.75, 3.05) is 4.90 Å². The molecule has 0 bridgehead atoms. The smallest absolute Gasteiger partial charge is 0.0561 e. The topological polar surface area (TPSA) is 8.17 Å². The van der Waals surface area contributed by atoms with Crippen molar-refractivity contribution >= 4 is 50.0 Å². The molecule has 0 aliphatic rings. The molecule has 58 heavy (non-hydrogen) atoms. The number of aromatic nitrogens is 1. The maximum Gasteiger partial charge on any atom is 0.0561 e. The van der Waals surface area contributed by atoms with Gasteiger partial charge in [0.25, 0.3) is 0 Å². The van der Waals surface area contributed by atoms with E-state index in [2.05, 4.69) is 252 Å². The standard InChI is InChI=1S/C56H40N2/c1-6-20-41(21-7-1)55(42-22-8-2-9-23-42)56(43-24-10-3-11-25-43)46-28-18-26-44(38-46)45-27-19-33-49(39-45)57(47-29-12-4-13-30-47)50-36-37-52-51-34-16-17-35-53(51)58(54(52)40-50)48-31-14-5-15-32-48/h1-40H. The average Bonchev–Trinajstić information content (AvgIpc) is 3.63. The summed E-state index contributed by atoms with van der Waals surface area (Å²) in [6, 6.07) is 87.2. The zero-order chi connectivity index (χ0) is 38.7. The van der Waals surface area contributed by atoms with E-state index >= 15 is 0 Å². The van der Waals surface area contributed by atoms with Gasteiger partial charge in [0, 0.05) is 33.5 Å². The summed E-state index contributed by atoms with van der Waals surface area (Å²) in [4.78, 5) is 2.37. The molecule has 2 nitrogen and oxygen atoms in total. The largest absolute Gasteiger partial charge is 0.310 e. The maximum atomic E-state index is 2.39. The van der Waals surface area contributed by atoms with Gasteiger partial charge in [-0.15, -0.1) is 0 Å². The molecule has 0 fully saturated rings. The van der Waals surface area contributed by atoms with Crippen LogP contribution in [0.4, 0.5) is 17.1 Å². The number of hydrogen-bond acceptors (Lipinski definition) is 1. The summed E-state index contributed by atoms with van der Waals surface area (Å²) in [6.45, 7) is 0. The van der Waals surface area contributed by atoms with E-state index in [1.165, 1.54) is 49.6 Å². The predicted octanol–water partition coefficient (Wildman–Crippen LogP) is 14.9. The summed E-state index contributed by atoms with van der Waals surface area (Å²) < 4.78 is 2.39. The van der Waals surface area contributed by atoms with Crippen molar-refractivity contribution < 1.29 is 0 Å². The second-order valence-corrected chi connectivity index (χ2v) is 14.5. The second-order valence-electron chi connectivity index (χ2n) is 14.5. The van der Waals surface area contributed by atoms with Gasteiger partial charge in [-0.05, 0) is 105 Å². The summed E-state index contributed by atoms with van der Waals surface area (Å²) in [5.41, 5.74) is 16.2. The molecule has 0 spiro atoms. The molecular weight excluding hydrogens is 701 g/mol. The summed E-state index contributed by atoms with van der Waals surface area (Å²) in [5.74, 6) is 0. The Morgan fingerprint density at radius 1 is 0.293 bits per heavy atom. The van der Waals surface area contributed by atoms with Crippen molar-refractivity contribution in [1.82, 2.24) is 4.57 Å². The first-order chi connectivity index (χ1) is 28.8. The molecule has 0 N–H and O–H groups in total. The molecule has 10 aromatic rings. The Balaban J connectivity index is 1.14. The van der Waals surface area contributed by atoms with E-state index in [0.717, 1.165) is 39.4 Å². The molecule has 0 aliphatic heterocycles. The number of fused-ring (bicyclic) bond motifs is 3. The number of anilines is 3. The fourth-order valence-corrected chi connectivity index (χ4v) is 8.38. The number of nitrogens with zero attached hydrogens (tertiary/aromatic N) is 2. The summed E-state index contributed by atoms with van der Waals surface area (Å²) in [5, 5.41) is 2.47. The zero-order valence-corrected chi connectivity index (χ0v) is 32.0. The maximum absolute atomic E-state index is 2.39. The van der Waals surface area contributed by atoms with E-state index in [4.69, 9.17) is 0 Å². The molecule has 274 valence electrons.